The normalized spacial score (nSPS) is 24.0. The maximum atomic E-state index is 12.8. The number of nitrogens with two attached hydrogens (primary N) is 1. The SMILES string of the molecule is Cc1cc(N)cc(S(=O)(=O)N(C)C2CCCCC2C)c1. The molecule has 1 saturated carbocycles. The molecule has 1 fully saturated rings. The minimum absolute atomic E-state index is 0.0930. The zero-order valence-corrected chi connectivity index (χ0v) is 13.3. The van der Waals surface area contributed by atoms with Crippen LogP contribution in [0.3, 0.4) is 0 Å². The van der Waals surface area contributed by atoms with Crippen LogP contribution >= 0.6 is 0 Å². The first-order chi connectivity index (χ1) is 9.32. The first kappa shape index (κ1) is 15.3. The molecule has 0 bridgehead atoms. The van der Waals surface area contributed by atoms with Gasteiger partial charge in [0.15, 0.2) is 0 Å². The van der Waals surface area contributed by atoms with Gasteiger partial charge in [0, 0.05) is 18.8 Å². The molecule has 0 aliphatic heterocycles. The van der Waals surface area contributed by atoms with Gasteiger partial charge in [0.05, 0.1) is 4.90 Å². The molecule has 112 valence electrons. The average molecular weight is 296 g/mol. The van der Waals surface area contributed by atoms with Crippen molar-refractivity contribution >= 4 is 15.7 Å². The highest BCUT2D eigenvalue weighted by atomic mass is 32.2. The molecule has 1 aromatic carbocycles. The predicted molar refractivity (Wildman–Crippen MR) is 82.0 cm³/mol. The fraction of sp³-hybridized carbons (Fsp3) is 0.600. The van der Waals surface area contributed by atoms with Gasteiger partial charge in [-0.1, -0.05) is 19.8 Å². The highest BCUT2D eigenvalue weighted by molar-refractivity contribution is 7.89. The van der Waals surface area contributed by atoms with Gasteiger partial charge in [-0.2, -0.15) is 4.31 Å². The van der Waals surface area contributed by atoms with Crippen LogP contribution in [0.4, 0.5) is 5.69 Å². The molecular formula is C15H24N2O2S. The van der Waals surface area contributed by atoms with Crippen LogP contribution in [-0.2, 0) is 10.0 Å². The molecule has 4 nitrogen and oxygen atoms in total. The van der Waals surface area contributed by atoms with E-state index < -0.39 is 10.0 Å². The summed E-state index contributed by atoms with van der Waals surface area (Å²) < 4.78 is 27.1. The third kappa shape index (κ3) is 2.99. The van der Waals surface area contributed by atoms with Crippen LogP contribution in [0, 0.1) is 12.8 Å². The van der Waals surface area contributed by atoms with E-state index in [-0.39, 0.29) is 6.04 Å². The third-order valence-corrected chi connectivity index (χ3v) is 6.14. The summed E-state index contributed by atoms with van der Waals surface area (Å²) in [6.07, 6.45) is 4.34. The predicted octanol–water partition coefficient (Wildman–Crippen LogP) is 2.78. The van der Waals surface area contributed by atoms with Crippen molar-refractivity contribution in [1.82, 2.24) is 4.31 Å². The zero-order chi connectivity index (χ0) is 14.9. The van der Waals surface area contributed by atoms with Crippen molar-refractivity contribution in [2.24, 2.45) is 5.92 Å². The van der Waals surface area contributed by atoms with Crippen LogP contribution in [0.25, 0.3) is 0 Å². The van der Waals surface area contributed by atoms with Gasteiger partial charge in [0.2, 0.25) is 10.0 Å². The molecule has 2 N–H and O–H groups in total. The Labute approximate surface area is 122 Å². The molecule has 5 heteroatoms. The summed E-state index contributed by atoms with van der Waals surface area (Å²) in [5.41, 5.74) is 7.14. The van der Waals surface area contributed by atoms with Gasteiger partial charge in [0.25, 0.3) is 0 Å². The first-order valence-corrected chi connectivity index (χ1v) is 8.61. The molecule has 0 spiro atoms. The van der Waals surface area contributed by atoms with E-state index in [4.69, 9.17) is 5.73 Å². The van der Waals surface area contributed by atoms with Gasteiger partial charge in [0.1, 0.15) is 0 Å². The number of nitrogen functional groups attached to an aromatic ring is 1. The van der Waals surface area contributed by atoms with E-state index in [0.29, 0.717) is 16.5 Å². The summed E-state index contributed by atoms with van der Waals surface area (Å²) in [6, 6.07) is 5.11. The Kier molecular flexibility index (Phi) is 4.39. The molecule has 2 unspecified atom stereocenters. The van der Waals surface area contributed by atoms with Crippen LogP contribution in [0.5, 0.6) is 0 Å². The van der Waals surface area contributed by atoms with Crippen LogP contribution in [0.1, 0.15) is 38.2 Å². The van der Waals surface area contributed by atoms with Crippen molar-refractivity contribution in [1.29, 1.82) is 0 Å². The van der Waals surface area contributed by atoms with Crippen molar-refractivity contribution in [3.05, 3.63) is 23.8 Å². The second kappa shape index (κ2) is 5.74. The van der Waals surface area contributed by atoms with E-state index in [2.05, 4.69) is 6.92 Å². The monoisotopic (exact) mass is 296 g/mol. The van der Waals surface area contributed by atoms with E-state index in [1.165, 1.54) is 6.42 Å². The van der Waals surface area contributed by atoms with E-state index in [1.54, 1.807) is 29.6 Å². The number of aryl methyl sites for hydroxylation is 1. The molecular weight excluding hydrogens is 272 g/mol. The van der Waals surface area contributed by atoms with Crippen LogP contribution in [-0.4, -0.2) is 25.8 Å². The topological polar surface area (TPSA) is 63.4 Å². The van der Waals surface area contributed by atoms with E-state index >= 15 is 0 Å². The second-order valence-electron chi connectivity index (χ2n) is 5.93. The fourth-order valence-corrected chi connectivity index (χ4v) is 4.73. The third-order valence-electron chi connectivity index (χ3n) is 4.28. The Hall–Kier alpha value is -1.07. The summed E-state index contributed by atoms with van der Waals surface area (Å²) in [4.78, 5) is 0.301. The quantitative estimate of drug-likeness (QED) is 0.872. The zero-order valence-electron chi connectivity index (χ0n) is 12.5. The molecule has 0 aromatic heterocycles. The van der Waals surface area contributed by atoms with Crippen molar-refractivity contribution in [2.75, 3.05) is 12.8 Å². The van der Waals surface area contributed by atoms with Gasteiger partial charge in [-0.15, -0.1) is 0 Å². The molecule has 0 amide bonds. The van der Waals surface area contributed by atoms with Gasteiger partial charge >= 0.3 is 0 Å². The molecule has 2 atom stereocenters. The van der Waals surface area contributed by atoms with Gasteiger partial charge in [-0.25, -0.2) is 8.42 Å². The van der Waals surface area contributed by atoms with E-state index in [9.17, 15) is 8.42 Å². The number of rotatable bonds is 3. The highest BCUT2D eigenvalue weighted by Crippen LogP contribution is 2.31. The van der Waals surface area contributed by atoms with Crippen molar-refractivity contribution < 1.29 is 8.42 Å². The molecule has 1 aromatic rings. The molecule has 1 aliphatic carbocycles. The number of nitrogens with zero attached hydrogens (tertiary/aromatic N) is 1. The number of sulfonamides is 1. The molecule has 0 heterocycles. The van der Waals surface area contributed by atoms with Gasteiger partial charge in [-0.3, -0.25) is 0 Å². The summed E-state index contributed by atoms with van der Waals surface area (Å²) in [7, 11) is -1.77. The number of benzene rings is 1. The second-order valence-corrected chi connectivity index (χ2v) is 7.93. The Morgan fingerprint density at radius 2 is 1.85 bits per heavy atom. The van der Waals surface area contributed by atoms with Gasteiger partial charge < -0.3 is 5.73 Å². The lowest BCUT2D eigenvalue weighted by molar-refractivity contribution is 0.213. The summed E-state index contributed by atoms with van der Waals surface area (Å²) in [5.74, 6) is 0.408. The summed E-state index contributed by atoms with van der Waals surface area (Å²) in [6.45, 7) is 4.00. The lowest BCUT2D eigenvalue weighted by atomic mass is 9.86. The minimum atomic E-state index is -3.46. The molecule has 0 saturated heterocycles. The maximum Gasteiger partial charge on any atom is 0.243 e. The smallest absolute Gasteiger partial charge is 0.243 e. The summed E-state index contributed by atoms with van der Waals surface area (Å²) in [5, 5.41) is 0. The Morgan fingerprint density at radius 1 is 1.20 bits per heavy atom. The first-order valence-electron chi connectivity index (χ1n) is 7.17. The fourth-order valence-electron chi connectivity index (χ4n) is 3.11. The Balaban J connectivity index is 2.33. The molecule has 0 radical (unpaired) electrons. The number of anilines is 1. The van der Waals surface area contributed by atoms with Crippen LogP contribution in [0.2, 0.25) is 0 Å². The van der Waals surface area contributed by atoms with Crippen LogP contribution in [0.15, 0.2) is 23.1 Å². The van der Waals surface area contributed by atoms with Crippen molar-refractivity contribution in [3.8, 4) is 0 Å². The Morgan fingerprint density at radius 3 is 2.45 bits per heavy atom. The number of hydrogen-bond donors (Lipinski definition) is 1. The van der Waals surface area contributed by atoms with Crippen molar-refractivity contribution in [3.63, 3.8) is 0 Å². The lowest BCUT2D eigenvalue weighted by Gasteiger charge is -2.35. The van der Waals surface area contributed by atoms with E-state index in [0.717, 1.165) is 24.8 Å². The minimum Gasteiger partial charge on any atom is -0.399 e. The van der Waals surface area contributed by atoms with E-state index in [1.807, 2.05) is 6.92 Å². The maximum absolute atomic E-state index is 12.8. The molecule has 2 rings (SSSR count). The Bertz CT molecular complexity index is 563. The van der Waals surface area contributed by atoms with Gasteiger partial charge in [-0.05, 0) is 49.4 Å². The highest BCUT2D eigenvalue weighted by Gasteiger charge is 2.33. The molecule has 20 heavy (non-hydrogen) atoms. The molecule has 1 aliphatic rings. The summed E-state index contributed by atoms with van der Waals surface area (Å²) >= 11 is 0. The number of hydrogen-bond acceptors (Lipinski definition) is 3. The van der Waals surface area contributed by atoms with Crippen LogP contribution < -0.4 is 5.73 Å². The largest absolute Gasteiger partial charge is 0.399 e. The average Bonchev–Trinajstić information content (AvgIpc) is 2.37. The standard InChI is InChI=1S/C15H24N2O2S/c1-11-8-13(16)10-14(9-11)20(18,19)17(3)15-7-5-4-6-12(15)2/h8-10,12,15H,4-7,16H2,1-3H3. The lowest BCUT2D eigenvalue weighted by Crippen LogP contribution is -2.42. The van der Waals surface area contributed by atoms with Crippen molar-refractivity contribution in [2.45, 2.75) is 50.5 Å².